The van der Waals surface area contributed by atoms with Crippen molar-refractivity contribution in [2.45, 2.75) is 25.7 Å². The molecule has 0 N–H and O–H groups in total. The molecule has 2 atom stereocenters. The van der Waals surface area contributed by atoms with Gasteiger partial charge >= 0.3 is 5.97 Å². The van der Waals surface area contributed by atoms with Gasteiger partial charge in [0.2, 0.25) is 0 Å². The Kier molecular flexibility index (Phi) is 2.69. The Morgan fingerprint density at radius 2 is 1.83 bits per heavy atom. The molecular formula is C15H16O3. The highest BCUT2D eigenvalue weighted by Gasteiger charge is 2.37. The van der Waals surface area contributed by atoms with Gasteiger partial charge in [-0.1, -0.05) is 6.07 Å². The van der Waals surface area contributed by atoms with Gasteiger partial charge in [-0.3, -0.25) is 4.79 Å². The highest BCUT2D eigenvalue weighted by Crippen LogP contribution is 2.37. The fourth-order valence-electron chi connectivity index (χ4n) is 3.22. The summed E-state index contributed by atoms with van der Waals surface area (Å²) in [5, 5.41) is 0. The molecule has 3 rings (SSSR count). The lowest BCUT2D eigenvalue weighted by atomic mass is 9.92. The first-order chi connectivity index (χ1) is 8.69. The van der Waals surface area contributed by atoms with E-state index in [0.29, 0.717) is 11.3 Å². The minimum atomic E-state index is -0.307. The van der Waals surface area contributed by atoms with Crippen molar-refractivity contribution in [3.63, 3.8) is 0 Å². The zero-order valence-corrected chi connectivity index (χ0v) is 10.4. The van der Waals surface area contributed by atoms with Crippen molar-refractivity contribution in [2.75, 3.05) is 7.11 Å². The van der Waals surface area contributed by atoms with Crippen molar-refractivity contribution in [1.82, 2.24) is 0 Å². The van der Waals surface area contributed by atoms with E-state index in [9.17, 15) is 9.59 Å². The maximum absolute atomic E-state index is 12.1. The highest BCUT2D eigenvalue weighted by atomic mass is 16.5. The molecule has 0 aliphatic heterocycles. The number of carbonyl (C=O) groups is 2. The van der Waals surface area contributed by atoms with E-state index in [1.54, 1.807) is 6.07 Å². The van der Waals surface area contributed by atoms with Crippen LogP contribution in [0.15, 0.2) is 18.2 Å². The van der Waals surface area contributed by atoms with Gasteiger partial charge in [0.15, 0.2) is 0 Å². The van der Waals surface area contributed by atoms with Gasteiger partial charge in [-0.25, -0.2) is 4.79 Å². The number of hydrogen-bond donors (Lipinski definition) is 0. The Balaban J connectivity index is 1.98. The van der Waals surface area contributed by atoms with Crippen LogP contribution in [0.3, 0.4) is 0 Å². The van der Waals surface area contributed by atoms with Crippen molar-refractivity contribution >= 4 is 11.8 Å². The SMILES string of the molecule is COC(=O)c1ccc2c(c1)C[C@@H]1CC[C@H](C2)C1=O. The predicted molar refractivity (Wildman–Crippen MR) is 66.4 cm³/mol. The average Bonchev–Trinajstić information content (AvgIpc) is 2.63. The second-order valence-electron chi connectivity index (χ2n) is 5.26. The summed E-state index contributed by atoms with van der Waals surface area (Å²) in [6, 6.07) is 5.68. The van der Waals surface area contributed by atoms with Gasteiger partial charge in [0, 0.05) is 11.8 Å². The number of benzene rings is 1. The largest absolute Gasteiger partial charge is 0.465 e. The third kappa shape index (κ3) is 1.74. The highest BCUT2D eigenvalue weighted by molar-refractivity contribution is 5.90. The molecule has 18 heavy (non-hydrogen) atoms. The first-order valence-corrected chi connectivity index (χ1v) is 6.43. The van der Waals surface area contributed by atoms with Crippen LogP contribution in [0.1, 0.15) is 34.3 Å². The molecule has 0 heterocycles. The first-order valence-electron chi connectivity index (χ1n) is 6.43. The summed E-state index contributed by atoms with van der Waals surface area (Å²) in [5.41, 5.74) is 2.96. The quantitative estimate of drug-likeness (QED) is 0.711. The maximum atomic E-state index is 12.1. The molecule has 1 aromatic carbocycles. The molecular weight excluding hydrogens is 228 g/mol. The summed E-state index contributed by atoms with van der Waals surface area (Å²) >= 11 is 0. The second-order valence-corrected chi connectivity index (χ2v) is 5.26. The molecule has 2 aliphatic carbocycles. The molecule has 3 nitrogen and oxygen atoms in total. The van der Waals surface area contributed by atoms with Crippen LogP contribution >= 0.6 is 0 Å². The molecule has 2 bridgehead atoms. The molecule has 0 amide bonds. The van der Waals surface area contributed by atoms with Crippen molar-refractivity contribution in [3.05, 3.63) is 34.9 Å². The van der Waals surface area contributed by atoms with E-state index in [2.05, 4.69) is 0 Å². The summed E-state index contributed by atoms with van der Waals surface area (Å²) in [6.07, 6.45) is 3.66. The topological polar surface area (TPSA) is 43.4 Å². The van der Waals surface area contributed by atoms with Crippen LogP contribution in [0.25, 0.3) is 0 Å². The monoisotopic (exact) mass is 244 g/mol. The van der Waals surface area contributed by atoms with Crippen LogP contribution in [0.2, 0.25) is 0 Å². The average molecular weight is 244 g/mol. The van der Waals surface area contributed by atoms with Gasteiger partial charge in [-0.15, -0.1) is 0 Å². The van der Waals surface area contributed by atoms with Gasteiger partial charge in [0.1, 0.15) is 5.78 Å². The summed E-state index contributed by atoms with van der Waals surface area (Å²) in [5.74, 6) is 0.494. The lowest BCUT2D eigenvalue weighted by molar-refractivity contribution is -0.123. The van der Waals surface area contributed by atoms with Crippen LogP contribution in [0.4, 0.5) is 0 Å². The molecule has 1 aromatic rings. The smallest absolute Gasteiger partial charge is 0.337 e. The van der Waals surface area contributed by atoms with Gasteiger partial charge in [-0.2, -0.15) is 0 Å². The van der Waals surface area contributed by atoms with Gasteiger partial charge in [-0.05, 0) is 48.9 Å². The molecule has 1 fully saturated rings. The number of ether oxygens (including phenoxy) is 1. The van der Waals surface area contributed by atoms with Crippen molar-refractivity contribution in [1.29, 1.82) is 0 Å². The van der Waals surface area contributed by atoms with E-state index in [1.807, 2.05) is 12.1 Å². The molecule has 0 radical (unpaired) electrons. The molecule has 0 unspecified atom stereocenters. The second kappa shape index (κ2) is 4.23. The molecule has 0 spiro atoms. The fraction of sp³-hybridized carbons (Fsp3) is 0.467. The number of hydrogen-bond acceptors (Lipinski definition) is 3. The Morgan fingerprint density at radius 3 is 2.50 bits per heavy atom. The van der Waals surface area contributed by atoms with E-state index in [1.165, 1.54) is 12.7 Å². The molecule has 0 aromatic heterocycles. The summed E-state index contributed by atoms with van der Waals surface area (Å²) in [6.45, 7) is 0. The lowest BCUT2D eigenvalue weighted by Crippen LogP contribution is -2.13. The molecule has 2 aliphatic rings. The normalized spacial score (nSPS) is 25.5. The van der Waals surface area contributed by atoms with E-state index < -0.39 is 0 Å². The zero-order valence-electron chi connectivity index (χ0n) is 10.4. The summed E-state index contributed by atoms with van der Waals surface area (Å²) in [7, 11) is 1.39. The number of methoxy groups -OCH3 is 1. The van der Waals surface area contributed by atoms with Crippen LogP contribution in [0, 0.1) is 11.8 Å². The Labute approximate surface area is 106 Å². The predicted octanol–water partition coefficient (Wildman–Crippen LogP) is 2.17. The van der Waals surface area contributed by atoms with E-state index in [-0.39, 0.29) is 17.8 Å². The van der Waals surface area contributed by atoms with E-state index in [0.717, 1.165) is 31.2 Å². The van der Waals surface area contributed by atoms with Gasteiger partial charge in [0.25, 0.3) is 0 Å². The van der Waals surface area contributed by atoms with Crippen LogP contribution < -0.4 is 0 Å². The molecule has 3 heteroatoms. The van der Waals surface area contributed by atoms with Crippen molar-refractivity contribution in [3.8, 4) is 0 Å². The maximum Gasteiger partial charge on any atom is 0.337 e. The minimum absolute atomic E-state index is 0.171. The Morgan fingerprint density at radius 1 is 1.17 bits per heavy atom. The number of rotatable bonds is 1. The third-order valence-corrected chi connectivity index (χ3v) is 4.23. The lowest BCUT2D eigenvalue weighted by Gasteiger charge is -2.13. The Bertz CT molecular complexity index is 518. The summed E-state index contributed by atoms with van der Waals surface area (Å²) < 4.78 is 4.74. The van der Waals surface area contributed by atoms with E-state index in [4.69, 9.17) is 4.74 Å². The fourth-order valence-corrected chi connectivity index (χ4v) is 3.22. The number of ketones is 1. The Hall–Kier alpha value is -1.64. The summed E-state index contributed by atoms with van der Waals surface area (Å²) in [4.78, 5) is 23.6. The molecule has 0 saturated heterocycles. The van der Waals surface area contributed by atoms with Crippen LogP contribution in [-0.4, -0.2) is 18.9 Å². The number of Topliss-reactive ketones (excluding diaryl/α,β-unsaturated/α-hetero) is 1. The third-order valence-electron chi connectivity index (χ3n) is 4.23. The van der Waals surface area contributed by atoms with Crippen LogP contribution in [-0.2, 0) is 22.4 Å². The minimum Gasteiger partial charge on any atom is -0.465 e. The van der Waals surface area contributed by atoms with Gasteiger partial charge < -0.3 is 4.74 Å². The number of esters is 1. The molecule has 94 valence electrons. The van der Waals surface area contributed by atoms with Crippen LogP contribution in [0.5, 0.6) is 0 Å². The standard InChI is InChI=1S/C15H16O3/c1-18-15(17)12-5-2-9-6-10-3-4-11(14(10)16)7-13(9)8-12/h2,5,8,10-11H,3-4,6-7H2,1H3/t10-,11+/m1/s1. The van der Waals surface area contributed by atoms with Crippen molar-refractivity contribution in [2.24, 2.45) is 11.8 Å². The zero-order chi connectivity index (χ0) is 12.7. The number of carbonyl (C=O) groups excluding carboxylic acids is 2. The molecule has 1 saturated carbocycles. The number of fused-ring (bicyclic) bond motifs is 3. The van der Waals surface area contributed by atoms with E-state index >= 15 is 0 Å². The van der Waals surface area contributed by atoms with Crippen molar-refractivity contribution < 1.29 is 14.3 Å². The first kappa shape index (κ1) is 11.5. The van der Waals surface area contributed by atoms with Gasteiger partial charge in [0.05, 0.1) is 12.7 Å².